The molecule has 2 aliphatic heterocycles. The summed E-state index contributed by atoms with van der Waals surface area (Å²) in [5.41, 5.74) is 4.11. The lowest BCUT2D eigenvalue weighted by Gasteiger charge is -2.34. The molecule has 0 N–H and O–H groups in total. The van der Waals surface area contributed by atoms with Crippen LogP contribution in [0.15, 0.2) is 11.1 Å². The second-order valence-corrected chi connectivity index (χ2v) is 10.6. The Kier molecular flexibility index (Phi) is 2.97. The maximum Gasteiger partial charge on any atom is 0.0838 e. The van der Waals surface area contributed by atoms with Crippen LogP contribution >= 0.6 is 33.3 Å². The summed E-state index contributed by atoms with van der Waals surface area (Å²) in [6, 6.07) is 0. The molecule has 2 aliphatic rings. The first kappa shape index (κ1) is 12.3. The third kappa shape index (κ3) is 2.12. The zero-order chi connectivity index (χ0) is 11.4. The van der Waals surface area contributed by atoms with Crippen molar-refractivity contribution < 1.29 is 0 Å². The van der Waals surface area contributed by atoms with Gasteiger partial charge in [0.15, 0.2) is 0 Å². The highest BCUT2D eigenvalue weighted by molar-refractivity contribution is 8.83. The van der Waals surface area contributed by atoms with E-state index in [4.69, 9.17) is 0 Å². The van der Waals surface area contributed by atoms with E-state index in [1.807, 2.05) is 0 Å². The van der Waals surface area contributed by atoms with E-state index in [1.165, 1.54) is 0 Å². The Labute approximate surface area is 106 Å². The number of fused-ring (bicyclic) bond motifs is 2. The molecule has 0 aliphatic carbocycles. The molecule has 1 fully saturated rings. The van der Waals surface area contributed by atoms with Crippen LogP contribution < -0.4 is 0 Å². The first-order valence-electron chi connectivity index (χ1n) is 5.44. The van der Waals surface area contributed by atoms with Crippen LogP contribution in [0.4, 0.5) is 0 Å². The Morgan fingerprint density at radius 3 is 1.33 bits per heavy atom. The van der Waals surface area contributed by atoms with Gasteiger partial charge >= 0.3 is 0 Å². The van der Waals surface area contributed by atoms with Gasteiger partial charge in [-0.3, -0.25) is 0 Å². The first-order chi connectivity index (χ1) is 6.71. The molecule has 0 nitrogen and oxygen atoms in total. The highest BCUT2D eigenvalue weighted by Gasteiger charge is 2.48. The Morgan fingerprint density at radius 1 is 0.733 bits per heavy atom. The highest BCUT2D eigenvalue weighted by atomic mass is 33.1. The lowest BCUT2D eigenvalue weighted by molar-refractivity contribution is 0.447. The molecule has 2 atom stereocenters. The summed E-state index contributed by atoms with van der Waals surface area (Å²) in [7, 11) is 4.14. The largest absolute Gasteiger partial charge is 0.122 e. The third-order valence-corrected chi connectivity index (χ3v) is 8.22. The molecular formula is C12H20S3. The normalized spacial score (nSPS) is 31.6. The summed E-state index contributed by atoms with van der Waals surface area (Å²) >= 11 is 2.15. The lowest BCUT2D eigenvalue weighted by atomic mass is 9.76. The van der Waals surface area contributed by atoms with Crippen molar-refractivity contribution in [1.29, 1.82) is 0 Å². The molecule has 0 amide bonds. The summed E-state index contributed by atoms with van der Waals surface area (Å²) in [6.45, 7) is 14.2. The van der Waals surface area contributed by atoms with Crippen molar-refractivity contribution in [2.75, 3.05) is 0 Å². The van der Waals surface area contributed by atoms with E-state index >= 15 is 0 Å². The fourth-order valence-electron chi connectivity index (χ4n) is 2.26. The van der Waals surface area contributed by atoms with Crippen LogP contribution in [0, 0.1) is 10.8 Å². The standard InChI is InChI=1S/C12H20S3/c1-11(2,3)7-8(12(4,5)6)10-13-9(7)14-15-10/h9-10H,1-6H3. The average molecular weight is 260 g/mol. The summed E-state index contributed by atoms with van der Waals surface area (Å²) in [4.78, 5) is 0. The monoisotopic (exact) mass is 260 g/mol. The quantitative estimate of drug-likeness (QED) is 0.436. The highest BCUT2D eigenvalue weighted by Crippen LogP contribution is 2.67. The molecule has 2 heterocycles. The van der Waals surface area contributed by atoms with Crippen LogP contribution in [0.25, 0.3) is 0 Å². The van der Waals surface area contributed by atoms with E-state index in [0.717, 1.165) is 0 Å². The molecule has 0 spiro atoms. The van der Waals surface area contributed by atoms with E-state index in [2.05, 4.69) is 74.9 Å². The summed E-state index contributed by atoms with van der Waals surface area (Å²) in [6.07, 6.45) is 0. The molecule has 0 aromatic rings. The van der Waals surface area contributed by atoms with Gasteiger partial charge in [0.25, 0.3) is 0 Å². The number of rotatable bonds is 0. The van der Waals surface area contributed by atoms with Crippen LogP contribution in [0.2, 0.25) is 0 Å². The average Bonchev–Trinajstić information content (AvgIpc) is 2.56. The van der Waals surface area contributed by atoms with Gasteiger partial charge < -0.3 is 0 Å². The summed E-state index contributed by atoms with van der Waals surface area (Å²) in [5.74, 6) is 0. The van der Waals surface area contributed by atoms with E-state index in [0.29, 0.717) is 20.0 Å². The van der Waals surface area contributed by atoms with Gasteiger partial charge in [0.05, 0.1) is 9.16 Å². The second-order valence-electron chi connectivity index (χ2n) is 6.32. The molecule has 0 aromatic heterocycles. The zero-order valence-electron chi connectivity index (χ0n) is 10.4. The molecule has 0 radical (unpaired) electrons. The Morgan fingerprint density at radius 2 is 1.07 bits per heavy atom. The van der Waals surface area contributed by atoms with Crippen molar-refractivity contribution in [2.45, 2.75) is 50.7 Å². The zero-order valence-corrected chi connectivity index (χ0v) is 12.8. The van der Waals surface area contributed by atoms with Crippen LogP contribution in [0.1, 0.15) is 41.5 Å². The third-order valence-electron chi connectivity index (χ3n) is 2.86. The number of hydrogen-bond acceptors (Lipinski definition) is 3. The maximum absolute atomic E-state index is 2.36. The van der Waals surface area contributed by atoms with Crippen LogP contribution in [0.3, 0.4) is 0 Å². The van der Waals surface area contributed by atoms with Crippen molar-refractivity contribution in [3.05, 3.63) is 11.1 Å². The molecule has 1 saturated heterocycles. The molecule has 86 valence electrons. The summed E-state index contributed by atoms with van der Waals surface area (Å²) < 4.78 is 1.43. The van der Waals surface area contributed by atoms with Crippen molar-refractivity contribution in [2.24, 2.45) is 10.8 Å². The van der Waals surface area contributed by atoms with Crippen molar-refractivity contribution >= 4 is 33.3 Å². The van der Waals surface area contributed by atoms with E-state index in [9.17, 15) is 0 Å². The molecule has 0 aromatic carbocycles. The minimum absolute atomic E-state index is 0.336. The lowest BCUT2D eigenvalue weighted by Crippen LogP contribution is -2.24. The van der Waals surface area contributed by atoms with Gasteiger partial charge in [0.2, 0.25) is 0 Å². The molecule has 15 heavy (non-hydrogen) atoms. The smallest absolute Gasteiger partial charge is 0.0838 e. The van der Waals surface area contributed by atoms with E-state index < -0.39 is 0 Å². The predicted molar refractivity (Wildman–Crippen MR) is 76.3 cm³/mol. The second kappa shape index (κ2) is 3.64. The summed E-state index contributed by atoms with van der Waals surface area (Å²) in [5, 5.41) is 0. The minimum atomic E-state index is 0.336. The predicted octanol–water partition coefficient (Wildman–Crippen LogP) is 5.17. The van der Waals surface area contributed by atoms with Crippen molar-refractivity contribution in [3.8, 4) is 0 Å². The molecular weight excluding hydrogens is 240 g/mol. The van der Waals surface area contributed by atoms with Gasteiger partial charge in [-0.2, -0.15) is 0 Å². The van der Waals surface area contributed by atoms with Gasteiger partial charge in [-0.1, -0.05) is 63.1 Å². The van der Waals surface area contributed by atoms with Crippen LogP contribution in [-0.4, -0.2) is 9.16 Å². The molecule has 2 bridgehead atoms. The fourth-order valence-corrected chi connectivity index (χ4v) is 9.13. The van der Waals surface area contributed by atoms with Gasteiger partial charge in [0, 0.05) is 0 Å². The first-order valence-corrected chi connectivity index (χ1v) is 8.66. The molecule has 2 rings (SSSR count). The van der Waals surface area contributed by atoms with E-state index in [1.54, 1.807) is 11.1 Å². The topological polar surface area (TPSA) is 0 Å². The SMILES string of the molecule is CC(C)(C)C1=C(C(C)(C)C)C2SSC1S2. The van der Waals surface area contributed by atoms with Gasteiger partial charge in [-0.25, -0.2) is 0 Å². The van der Waals surface area contributed by atoms with Gasteiger partial charge in [-0.15, -0.1) is 11.8 Å². The fraction of sp³-hybridized carbons (Fsp3) is 0.833. The molecule has 2 unspecified atom stereocenters. The number of hydrogen-bond donors (Lipinski definition) is 0. The Balaban J connectivity index is 2.49. The van der Waals surface area contributed by atoms with Crippen LogP contribution in [-0.2, 0) is 0 Å². The van der Waals surface area contributed by atoms with Gasteiger partial charge in [0.1, 0.15) is 0 Å². The van der Waals surface area contributed by atoms with E-state index in [-0.39, 0.29) is 0 Å². The molecule has 3 heteroatoms. The maximum atomic E-state index is 2.36. The van der Waals surface area contributed by atoms with Crippen LogP contribution in [0.5, 0.6) is 0 Å². The van der Waals surface area contributed by atoms with Crippen molar-refractivity contribution in [1.82, 2.24) is 0 Å². The Bertz CT molecular complexity index is 274. The molecule has 0 saturated carbocycles. The Hall–Kier alpha value is 0.790. The number of thioether (sulfide) groups is 1. The van der Waals surface area contributed by atoms with Crippen molar-refractivity contribution in [3.63, 3.8) is 0 Å². The minimum Gasteiger partial charge on any atom is -0.122 e. The van der Waals surface area contributed by atoms with Gasteiger partial charge in [-0.05, 0) is 22.0 Å².